The Labute approximate surface area is 110 Å². The number of thioether (sulfide) groups is 1. The molecule has 18 heavy (non-hydrogen) atoms. The summed E-state index contributed by atoms with van der Waals surface area (Å²) in [6.45, 7) is 4.13. The third kappa shape index (κ3) is 2.33. The highest BCUT2D eigenvalue weighted by molar-refractivity contribution is 7.99. The number of anilines is 1. The van der Waals surface area contributed by atoms with Gasteiger partial charge in [0.25, 0.3) is 0 Å². The predicted molar refractivity (Wildman–Crippen MR) is 73.4 cm³/mol. The summed E-state index contributed by atoms with van der Waals surface area (Å²) in [4.78, 5) is 10.9. The number of aryl methyl sites for hydroxylation is 1. The van der Waals surface area contributed by atoms with E-state index >= 15 is 0 Å². The maximum Gasteiger partial charge on any atom is 0.158 e. The predicted octanol–water partition coefficient (Wildman–Crippen LogP) is 1.52. The second-order valence-corrected chi connectivity index (χ2v) is 5.52. The van der Waals surface area contributed by atoms with Gasteiger partial charge in [-0.2, -0.15) is 16.9 Å². The van der Waals surface area contributed by atoms with Crippen LogP contribution in [-0.2, 0) is 0 Å². The van der Waals surface area contributed by atoms with Gasteiger partial charge in [0.2, 0.25) is 0 Å². The molecule has 2 aromatic heterocycles. The molecule has 2 aromatic rings. The average molecular weight is 261 g/mol. The number of hydrogen-bond acceptors (Lipinski definition) is 5. The molecule has 1 aliphatic rings. The molecular weight excluding hydrogens is 246 g/mol. The lowest BCUT2D eigenvalue weighted by atomic mass is 10.4. The van der Waals surface area contributed by atoms with Crippen LogP contribution >= 0.6 is 11.8 Å². The molecule has 0 N–H and O–H groups in total. The normalized spacial score (nSPS) is 15.9. The Bertz CT molecular complexity index is 533. The molecule has 0 spiro atoms. The Morgan fingerprint density at radius 1 is 1.17 bits per heavy atom. The molecule has 94 valence electrons. The Morgan fingerprint density at radius 3 is 2.67 bits per heavy atom. The summed E-state index contributed by atoms with van der Waals surface area (Å²) in [6.07, 6.45) is 5.42. The van der Waals surface area contributed by atoms with E-state index in [0.717, 1.165) is 30.3 Å². The maximum absolute atomic E-state index is 4.36. The molecule has 3 rings (SSSR count). The van der Waals surface area contributed by atoms with E-state index in [4.69, 9.17) is 0 Å². The van der Waals surface area contributed by atoms with Crippen molar-refractivity contribution in [2.75, 3.05) is 29.5 Å². The highest BCUT2D eigenvalue weighted by Gasteiger charge is 2.13. The molecule has 5 nitrogen and oxygen atoms in total. The molecule has 0 radical (unpaired) electrons. The molecule has 1 aliphatic heterocycles. The van der Waals surface area contributed by atoms with Gasteiger partial charge in [-0.05, 0) is 12.5 Å². The van der Waals surface area contributed by atoms with Gasteiger partial charge in [-0.1, -0.05) is 0 Å². The van der Waals surface area contributed by atoms with Gasteiger partial charge >= 0.3 is 0 Å². The fourth-order valence-corrected chi connectivity index (χ4v) is 2.87. The molecule has 0 aromatic carbocycles. The fraction of sp³-hybridized carbons (Fsp3) is 0.417. The van der Waals surface area contributed by atoms with E-state index < -0.39 is 0 Å². The number of hydrogen-bond donors (Lipinski definition) is 0. The topological polar surface area (TPSA) is 46.8 Å². The van der Waals surface area contributed by atoms with Gasteiger partial charge in [0.05, 0.1) is 6.20 Å². The van der Waals surface area contributed by atoms with Crippen molar-refractivity contribution in [3.05, 3.63) is 30.4 Å². The summed E-state index contributed by atoms with van der Waals surface area (Å²) in [5.74, 6) is 4.15. The van der Waals surface area contributed by atoms with E-state index in [1.54, 1.807) is 11.0 Å². The van der Waals surface area contributed by atoms with Crippen molar-refractivity contribution in [2.24, 2.45) is 0 Å². The van der Waals surface area contributed by atoms with Gasteiger partial charge in [0.1, 0.15) is 12.1 Å². The van der Waals surface area contributed by atoms with E-state index in [0.29, 0.717) is 0 Å². The van der Waals surface area contributed by atoms with Crippen LogP contribution in [-0.4, -0.2) is 44.3 Å². The van der Waals surface area contributed by atoms with Crippen LogP contribution in [0.2, 0.25) is 0 Å². The summed E-state index contributed by atoms with van der Waals surface area (Å²) < 4.78 is 1.79. The summed E-state index contributed by atoms with van der Waals surface area (Å²) in [5.41, 5.74) is 1.13. The average Bonchev–Trinajstić information content (AvgIpc) is 2.87. The lowest BCUT2D eigenvalue weighted by Gasteiger charge is -2.27. The molecule has 3 heterocycles. The zero-order chi connectivity index (χ0) is 12.4. The molecule has 0 bridgehead atoms. The van der Waals surface area contributed by atoms with Gasteiger partial charge in [0.15, 0.2) is 5.82 Å². The first-order valence-electron chi connectivity index (χ1n) is 5.99. The Kier molecular flexibility index (Phi) is 3.19. The second-order valence-electron chi connectivity index (χ2n) is 4.30. The summed E-state index contributed by atoms with van der Waals surface area (Å²) in [5, 5.41) is 4.28. The van der Waals surface area contributed by atoms with Crippen molar-refractivity contribution in [3.63, 3.8) is 0 Å². The van der Waals surface area contributed by atoms with E-state index in [-0.39, 0.29) is 0 Å². The minimum atomic E-state index is 0.825. The standard InChI is InChI=1S/C12H15N5S/c1-10-7-15-17(8-10)12-6-11(13-9-14-12)16-2-4-18-5-3-16/h6-9H,2-5H2,1H3. The van der Waals surface area contributed by atoms with Crippen LogP contribution in [0.15, 0.2) is 24.8 Å². The summed E-state index contributed by atoms with van der Waals surface area (Å²) in [6, 6.07) is 2.00. The first kappa shape index (κ1) is 11.5. The van der Waals surface area contributed by atoms with E-state index in [1.165, 1.54) is 11.5 Å². The molecular formula is C12H15N5S. The molecule has 0 unspecified atom stereocenters. The molecule has 1 saturated heterocycles. The third-order valence-corrected chi connectivity index (χ3v) is 3.86. The van der Waals surface area contributed by atoms with Crippen LogP contribution in [0.3, 0.4) is 0 Å². The largest absolute Gasteiger partial charge is 0.355 e. The molecule has 6 heteroatoms. The van der Waals surface area contributed by atoms with Crippen LogP contribution in [0.25, 0.3) is 5.82 Å². The lowest BCUT2D eigenvalue weighted by molar-refractivity contribution is 0.808. The minimum Gasteiger partial charge on any atom is -0.355 e. The maximum atomic E-state index is 4.36. The van der Waals surface area contributed by atoms with Crippen LogP contribution < -0.4 is 4.90 Å². The molecule has 1 fully saturated rings. The van der Waals surface area contributed by atoms with Gasteiger partial charge < -0.3 is 4.90 Å². The van der Waals surface area contributed by atoms with Crippen molar-refractivity contribution in [1.82, 2.24) is 19.7 Å². The van der Waals surface area contributed by atoms with Gasteiger partial charge in [0, 0.05) is 36.9 Å². The number of aromatic nitrogens is 4. The van der Waals surface area contributed by atoms with Crippen LogP contribution in [0.5, 0.6) is 0 Å². The lowest BCUT2D eigenvalue weighted by Crippen LogP contribution is -2.33. The van der Waals surface area contributed by atoms with Crippen molar-refractivity contribution in [1.29, 1.82) is 0 Å². The highest BCUT2D eigenvalue weighted by atomic mass is 32.2. The first-order valence-corrected chi connectivity index (χ1v) is 7.15. The van der Waals surface area contributed by atoms with E-state index in [2.05, 4.69) is 20.0 Å². The van der Waals surface area contributed by atoms with E-state index in [1.807, 2.05) is 37.1 Å². The number of nitrogens with zero attached hydrogens (tertiary/aromatic N) is 5. The van der Waals surface area contributed by atoms with Gasteiger partial charge in [-0.25, -0.2) is 14.6 Å². The SMILES string of the molecule is Cc1cnn(-c2cc(N3CCSCC3)ncn2)c1. The van der Waals surface area contributed by atoms with Gasteiger partial charge in [-0.3, -0.25) is 0 Å². The smallest absolute Gasteiger partial charge is 0.158 e. The monoisotopic (exact) mass is 261 g/mol. The first-order chi connectivity index (χ1) is 8.83. The van der Waals surface area contributed by atoms with Crippen LogP contribution in [0.4, 0.5) is 5.82 Å². The Balaban J connectivity index is 1.88. The Hall–Kier alpha value is -1.56. The minimum absolute atomic E-state index is 0.825. The van der Waals surface area contributed by atoms with Crippen molar-refractivity contribution in [2.45, 2.75) is 6.92 Å². The molecule has 0 amide bonds. The zero-order valence-corrected chi connectivity index (χ0v) is 11.1. The summed E-state index contributed by atoms with van der Waals surface area (Å²) >= 11 is 1.99. The molecule has 0 saturated carbocycles. The van der Waals surface area contributed by atoms with E-state index in [9.17, 15) is 0 Å². The van der Waals surface area contributed by atoms with Crippen LogP contribution in [0.1, 0.15) is 5.56 Å². The zero-order valence-electron chi connectivity index (χ0n) is 10.3. The van der Waals surface area contributed by atoms with Crippen LogP contribution in [0, 0.1) is 6.92 Å². The third-order valence-electron chi connectivity index (χ3n) is 2.92. The molecule has 0 atom stereocenters. The molecule has 0 aliphatic carbocycles. The highest BCUT2D eigenvalue weighted by Crippen LogP contribution is 2.18. The summed E-state index contributed by atoms with van der Waals surface area (Å²) in [7, 11) is 0. The van der Waals surface area contributed by atoms with Crippen molar-refractivity contribution in [3.8, 4) is 5.82 Å². The fourth-order valence-electron chi connectivity index (χ4n) is 1.97. The van der Waals surface area contributed by atoms with Crippen molar-refractivity contribution >= 4 is 17.6 Å². The number of rotatable bonds is 2. The van der Waals surface area contributed by atoms with Gasteiger partial charge in [-0.15, -0.1) is 0 Å². The second kappa shape index (κ2) is 4.97. The Morgan fingerprint density at radius 2 is 1.94 bits per heavy atom. The van der Waals surface area contributed by atoms with Crippen molar-refractivity contribution < 1.29 is 0 Å². The quantitative estimate of drug-likeness (QED) is 0.820.